The largest absolute Gasteiger partial charge is 0.343 e. The van der Waals surface area contributed by atoms with Gasteiger partial charge in [0.15, 0.2) is 11.1 Å². The van der Waals surface area contributed by atoms with Gasteiger partial charge in [-0.1, -0.05) is 0 Å². The van der Waals surface area contributed by atoms with E-state index in [4.69, 9.17) is 5.26 Å². The monoisotopic (exact) mass is 222 g/mol. The molecule has 3 rings (SSSR count). The molecule has 0 spiro atoms. The normalized spacial score (nSPS) is 10.5. The third kappa shape index (κ3) is 1.43. The van der Waals surface area contributed by atoms with Crippen LogP contribution in [-0.4, -0.2) is 15.2 Å². The van der Waals surface area contributed by atoms with E-state index in [1.807, 2.05) is 6.07 Å². The number of hydrogen-bond acceptors (Lipinski definition) is 4. The fourth-order valence-electron chi connectivity index (χ4n) is 1.76. The quantitative estimate of drug-likeness (QED) is 0.582. The van der Waals surface area contributed by atoms with Crippen LogP contribution in [0.2, 0.25) is 0 Å². The van der Waals surface area contributed by atoms with Gasteiger partial charge in [-0.2, -0.15) is 5.26 Å². The van der Waals surface area contributed by atoms with Crippen molar-refractivity contribution in [3.8, 4) is 6.07 Å². The van der Waals surface area contributed by atoms with E-state index in [2.05, 4.69) is 15.2 Å². The highest BCUT2D eigenvalue weighted by Gasteiger charge is 2.05. The number of H-pyrrole nitrogens is 1. The first-order valence-electron chi connectivity index (χ1n) is 4.97. The molecule has 0 aliphatic rings. The number of nitrogens with one attached hydrogen (secondary N) is 1. The maximum Gasteiger partial charge on any atom is 0.179 e. The first kappa shape index (κ1) is 9.48. The van der Waals surface area contributed by atoms with Crippen LogP contribution >= 0.6 is 0 Å². The number of pyridine rings is 1. The summed E-state index contributed by atoms with van der Waals surface area (Å²) < 4.78 is 0. The summed E-state index contributed by atoms with van der Waals surface area (Å²) in [5, 5.41) is 18.3. The Kier molecular flexibility index (Phi) is 1.89. The van der Waals surface area contributed by atoms with Gasteiger partial charge < -0.3 is 4.98 Å². The predicted octanol–water partition coefficient (Wildman–Crippen LogP) is 1.34. The third-order valence-electron chi connectivity index (χ3n) is 2.56. The fraction of sp³-hybridized carbons (Fsp3) is 0. The molecule has 0 unspecified atom stereocenters. The molecule has 1 N–H and O–H groups in total. The fourth-order valence-corrected chi connectivity index (χ4v) is 1.76. The van der Waals surface area contributed by atoms with Crippen molar-refractivity contribution in [3.05, 3.63) is 46.2 Å². The minimum absolute atomic E-state index is 0.0887. The van der Waals surface area contributed by atoms with Crippen molar-refractivity contribution in [3.63, 3.8) is 0 Å². The van der Waals surface area contributed by atoms with Crippen LogP contribution in [0.4, 0.5) is 0 Å². The number of aromatic nitrogens is 3. The van der Waals surface area contributed by atoms with Gasteiger partial charge in [0.05, 0.1) is 11.1 Å². The second-order valence-corrected chi connectivity index (χ2v) is 3.64. The van der Waals surface area contributed by atoms with E-state index in [-0.39, 0.29) is 5.43 Å². The highest BCUT2D eigenvalue weighted by atomic mass is 16.1. The number of fused-ring (bicyclic) bond motifs is 3. The number of benzene rings is 1. The smallest absolute Gasteiger partial charge is 0.179 e. The van der Waals surface area contributed by atoms with E-state index in [0.29, 0.717) is 22.1 Å². The van der Waals surface area contributed by atoms with E-state index in [0.717, 1.165) is 5.39 Å². The van der Waals surface area contributed by atoms with Crippen LogP contribution in [0.15, 0.2) is 35.3 Å². The van der Waals surface area contributed by atoms with E-state index in [1.165, 1.54) is 12.1 Å². The van der Waals surface area contributed by atoms with Crippen LogP contribution in [0.5, 0.6) is 0 Å². The lowest BCUT2D eigenvalue weighted by Gasteiger charge is -2.01. The Hall–Kier alpha value is -2.74. The average Bonchev–Trinajstić information content (AvgIpc) is 2.38. The summed E-state index contributed by atoms with van der Waals surface area (Å²) in [4.78, 5) is 14.2. The van der Waals surface area contributed by atoms with Crippen molar-refractivity contribution in [1.29, 1.82) is 5.26 Å². The molecule has 2 aromatic heterocycles. The van der Waals surface area contributed by atoms with Crippen molar-refractivity contribution in [1.82, 2.24) is 15.2 Å². The third-order valence-corrected chi connectivity index (χ3v) is 2.56. The van der Waals surface area contributed by atoms with Crippen LogP contribution in [0.25, 0.3) is 21.9 Å². The molecule has 2 heterocycles. The Labute approximate surface area is 95.3 Å². The van der Waals surface area contributed by atoms with E-state index >= 15 is 0 Å². The van der Waals surface area contributed by atoms with Crippen molar-refractivity contribution < 1.29 is 0 Å². The summed E-state index contributed by atoms with van der Waals surface area (Å²) in [6.07, 6.45) is 1.56. The zero-order valence-electron chi connectivity index (χ0n) is 8.64. The number of aromatic amines is 1. The van der Waals surface area contributed by atoms with Gasteiger partial charge in [-0.3, -0.25) is 4.79 Å². The molecule has 0 aliphatic carbocycles. The minimum Gasteiger partial charge on any atom is -0.343 e. The molecule has 5 nitrogen and oxygen atoms in total. The van der Waals surface area contributed by atoms with Gasteiger partial charge in [0, 0.05) is 17.0 Å². The van der Waals surface area contributed by atoms with E-state index in [1.54, 1.807) is 18.3 Å². The molecular formula is C12H6N4O. The van der Waals surface area contributed by atoms with Crippen molar-refractivity contribution >= 4 is 21.9 Å². The van der Waals surface area contributed by atoms with E-state index in [9.17, 15) is 4.79 Å². The molecule has 0 amide bonds. The minimum atomic E-state index is -0.0887. The molecule has 0 saturated heterocycles. The van der Waals surface area contributed by atoms with Gasteiger partial charge in [0.1, 0.15) is 6.07 Å². The van der Waals surface area contributed by atoms with Crippen LogP contribution in [0.3, 0.4) is 0 Å². The molecule has 17 heavy (non-hydrogen) atoms. The van der Waals surface area contributed by atoms with Gasteiger partial charge in [-0.05, 0) is 24.3 Å². The Bertz CT molecular complexity index is 829. The summed E-state index contributed by atoms with van der Waals surface area (Å²) in [7, 11) is 0. The molecule has 0 bridgehead atoms. The summed E-state index contributed by atoms with van der Waals surface area (Å²) in [5.41, 5.74) is 1.60. The molecule has 80 valence electrons. The number of rotatable bonds is 0. The van der Waals surface area contributed by atoms with Crippen LogP contribution < -0.4 is 5.43 Å². The van der Waals surface area contributed by atoms with Crippen molar-refractivity contribution in [2.45, 2.75) is 0 Å². The van der Waals surface area contributed by atoms with Gasteiger partial charge >= 0.3 is 0 Å². The Morgan fingerprint density at radius 1 is 1.18 bits per heavy atom. The summed E-state index contributed by atoms with van der Waals surface area (Å²) in [5.74, 6) is 0. The summed E-state index contributed by atoms with van der Waals surface area (Å²) in [6.45, 7) is 0. The lowest BCUT2D eigenvalue weighted by molar-refractivity contribution is 1.09. The molecule has 0 saturated carbocycles. The molecule has 0 aliphatic heterocycles. The molecule has 0 atom stereocenters. The average molecular weight is 222 g/mol. The summed E-state index contributed by atoms with van der Waals surface area (Å²) >= 11 is 0. The maximum absolute atomic E-state index is 11.4. The number of nitrogens with zero attached hydrogens (tertiary/aromatic N) is 3. The SMILES string of the molecule is N#Cc1c[nH]c2nnc3ccc(=O)cc3c2c1. The lowest BCUT2D eigenvalue weighted by atomic mass is 10.1. The first-order chi connectivity index (χ1) is 8.28. The Morgan fingerprint density at radius 3 is 2.88 bits per heavy atom. The zero-order valence-corrected chi connectivity index (χ0v) is 8.64. The molecule has 5 heteroatoms. The summed E-state index contributed by atoms with van der Waals surface area (Å²) in [6, 6.07) is 8.31. The molecular weight excluding hydrogens is 216 g/mol. The molecule has 0 radical (unpaired) electrons. The highest BCUT2D eigenvalue weighted by Crippen LogP contribution is 2.19. The topological polar surface area (TPSA) is 82.4 Å². The number of hydrogen-bond donors (Lipinski definition) is 1. The van der Waals surface area contributed by atoms with Gasteiger partial charge in [0.25, 0.3) is 0 Å². The zero-order chi connectivity index (χ0) is 11.8. The molecule has 0 fully saturated rings. The number of nitriles is 1. The Balaban J connectivity index is 2.57. The molecule has 3 aromatic rings. The van der Waals surface area contributed by atoms with Crippen molar-refractivity contribution in [2.75, 3.05) is 0 Å². The van der Waals surface area contributed by atoms with Gasteiger partial charge in [-0.15, -0.1) is 10.2 Å². The second-order valence-electron chi connectivity index (χ2n) is 3.64. The second kappa shape index (κ2) is 3.39. The maximum atomic E-state index is 11.4. The predicted molar refractivity (Wildman–Crippen MR) is 62.4 cm³/mol. The van der Waals surface area contributed by atoms with E-state index < -0.39 is 0 Å². The first-order valence-corrected chi connectivity index (χ1v) is 4.97. The van der Waals surface area contributed by atoms with Crippen LogP contribution in [0.1, 0.15) is 5.56 Å². The van der Waals surface area contributed by atoms with Crippen LogP contribution in [0, 0.1) is 11.3 Å². The van der Waals surface area contributed by atoms with Gasteiger partial charge in [-0.25, -0.2) is 0 Å². The lowest BCUT2D eigenvalue weighted by Crippen LogP contribution is -1.98. The molecule has 1 aromatic carbocycles. The highest BCUT2D eigenvalue weighted by molar-refractivity contribution is 6.02. The van der Waals surface area contributed by atoms with Crippen LogP contribution in [-0.2, 0) is 0 Å². The standard InChI is InChI=1S/C12H6N4O/c13-5-7-3-10-9-4-8(17)1-2-11(9)15-16-12(10)14-6-7/h1-4,6H,(H,14,16). The Morgan fingerprint density at radius 2 is 2.06 bits per heavy atom. The van der Waals surface area contributed by atoms with Gasteiger partial charge in [0.2, 0.25) is 0 Å². The van der Waals surface area contributed by atoms with Crippen molar-refractivity contribution in [2.24, 2.45) is 0 Å².